The third kappa shape index (κ3) is 5.24. The molecule has 1 heterocycles. The molecule has 1 aliphatic heterocycles. The van der Waals surface area contributed by atoms with Crippen molar-refractivity contribution < 1.29 is 14.3 Å². The van der Waals surface area contributed by atoms with Gasteiger partial charge in [0.2, 0.25) is 0 Å². The summed E-state index contributed by atoms with van der Waals surface area (Å²) in [6.07, 6.45) is 3.02. The predicted octanol–water partition coefficient (Wildman–Crippen LogP) is 4.68. The summed E-state index contributed by atoms with van der Waals surface area (Å²) >= 11 is 0. The molecule has 0 saturated heterocycles. The van der Waals surface area contributed by atoms with Crippen LogP contribution in [0.15, 0.2) is 36.6 Å². The fraction of sp³-hybridized carbons (Fsp3) is 0.611. The third-order valence-electron chi connectivity index (χ3n) is 3.12. The fourth-order valence-electron chi connectivity index (χ4n) is 2.21. The van der Waals surface area contributed by atoms with Gasteiger partial charge < -0.3 is 9.47 Å². The zero-order valence-corrected chi connectivity index (χ0v) is 15.1. The average Bonchev–Trinajstić information content (AvgIpc) is 2.54. The second-order valence-electron chi connectivity index (χ2n) is 5.95. The number of carbonyl (C=O) groups is 1. The van der Waals surface area contributed by atoms with E-state index in [2.05, 4.69) is 13.2 Å². The van der Waals surface area contributed by atoms with Gasteiger partial charge in [0.05, 0.1) is 12.1 Å². The molecule has 2 atom stereocenters. The first-order valence-electron chi connectivity index (χ1n) is 7.84. The Bertz CT molecular complexity index is 432. The summed E-state index contributed by atoms with van der Waals surface area (Å²) in [5, 5.41) is 0. The summed E-state index contributed by atoms with van der Waals surface area (Å²) in [5.74, 6) is 0.672. The SMILES string of the molecule is C=CC1=C(C=C)C(C)N(C(=O)OC(C)(C)C)C(C)CO1.CC. The molecule has 22 heavy (non-hydrogen) atoms. The third-order valence-corrected chi connectivity index (χ3v) is 3.12. The fourth-order valence-corrected chi connectivity index (χ4v) is 2.21. The lowest BCUT2D eigenvalue weighted by molar-refractivity contribution is 0.00771. The van der Waals surface area contributed by atoms with Crippen LogP contribution in [0.5, 0.6) is 0 Å². The Morgan fingerprint density at radius 1 is 1.27 bits per heavy atom. The predicted molar refractivity (Wildman–Crippen MR) is 91.7 cm³/mol. The summed E-state index contributed by atoms with van der Waals surface area (Å²) in [6, 6.07) is -0.264. The second kappa shape index (κ2) is 8.66. The van der Waals surface area contributed by atoms with Crippen molar-refractivity contribution >= 4 is 6.09 Å². The molecule has 0 N–H and O–H groups in total. The van der Waals surface area contributed by atoms with Crippen LogP contribution in [0.25, 0.3) is 0 Å². The monoisotopic (exact) mass is 309 g/mol. The van der Waals surface area contributed by atoms with Gasteiger partial charge in [-0.15, -0.1) is 0 Å². The highest BCUT2D eigenvalue weighted by Gasteiger charge is 2.34. The van der Waals surface area contributed by atoms with Crippen molar-refractivity contribution in [3.63, 3.8) is 0 Å². The van der Waals surface area contributed by atoms with Crippen LogP contribution in [0.1, 0.15) is 48.5 Å². The van der Waals surface area contributed by atoms with Gasteiger partial charge in [0.1, 0.15) is 18.0 Å². The minimum Gasteiger partial charge on any atom is -0.491 e. The molecule has 0 fully saturated rings. The summed E-state index contributed by atoms with van der Waals surface area (Å²) in [6.45, 7) is 21.4. The molecule has 0 spiro atoms. The van der Waals surface area contributed by atoms with Crippen LogP contribution in [-0.4, -0.2) is 35.3 Å². The number of allylic oxidation sites excluding steroid dienone is 1. The van der Waals surface area contributed by atoms with E-state index in [1.807, 2.05) is 48.5 Å². The average molecular weight is 309 g/mol. The van der Waals surface area contributed by atoms with Crippen LogP contribution in [-0.2, 0) is 9.47 Å². The number of nitrogens with zero attached hydrogens (tertiary/aromatic N) is 1. The topological polar surface area (TPSA) is 38.8 Å². The Hall–Kier alpha value is -1.71. The number of rotatable bonds is 2. The molecule has 0 aromatic heterocycles. The molecule has 126 valence electrons. The standard InChI is InChI=1S/C16H25NO3.C2H6/c1-8-13-12(4)17(15(18)20-16(5,6)7)11(3)10-19-14(13)9-2;1-2/h8-9,11-12H,1-2,10H2,3-7H3;1-2H3. The van der Waals surface area contributed by atoms with Gasteiger partial charge in [0.15, 0.2) is 0 Å². The number of hydrogen-bond donors (Lipinski definition) is 0. The van der Waals surface area contributed by atoms with E-state index in [-0.39, 0.29) is 18.2 Å². The molecule has 0 bridgehead atoms. The molecule has 2 unspecified atom stereocenters. The Balaban J connectivity index is 0.00000211. The van der Waals surface area contributed by atoms with Crippen LogP contribution >= 0.6 is 0 Å². The summed E-state index contributed by atoms with van der Waals surface area (Å²) in [7, 11) is 0. The van der Waals surface area contributed by atoms with Crippen LogP contribution in [0.2, 0.25) is 0 Å². The van der Waals surface area contributed by atoms with E-state index >= 15 is 0 Å². The number of carbonyl (C=O) groups excluding carboxylic acids is 1. The van der Waals surface area contributed by atoms with E-state index in [1.54, 1.807) is 17.1 Å². The molecule has 0 saturated carbocycles. The van der Waals surface area contributed by atoms with Crippen molar-refractivity contribution in [1.29, 1.82) is 0 Å². The highest BCUT2D eigenvalue weighted by molar-refractivity contribution is 5.70. The highest BCUT2D eigenvalue weighted by atomic mass is 16.6. The summed E-state index contributed by atoms with van der Waals surface area (Å²) < 4.78 is 11.2. The van der Waals surface area contributed by atoms with Gasteiger partial charge in [0, 0.05) is 5.57 Å². The first-order chi connectivity index (χ1) is 10.2. The molecule has 0 aromatic rings. The molecule has 1 rings (SSSR count). The molecule has 0 aliphatic carbocycles. The molecule has 0 radical (unpaired) electrons. The normalized spacial score (nSPS) is 21.9. The van der Waals surface area contributed by atoms with Gasteiger partial charge >= 0.3 is 6.09 Å². The largest absolute Gasteiger partial charge is 0.491 e. The van der Waals surface area contributed by atoms with Crippen LogP contribution in [0, 0.1) is 0 Å². The molecule has 1 aliphatic rings. The lowest BCUT2D eigenvalue weighted by Crippen LogP contribution is -2.48. The van der Waals surface area contributed by atoms with E-state index < -0.39 is 5.60 Å². The van der Waals surface area contributed by atoms with Crippen molar-refractivity contribution in [1.82, 2.24) is 4.90 Å². The van der Waals surface area contributed by atoms with E-state index in [4.69, 9.17) is 9.47 Å². The van der Waals surface area contributed by atoms with Crippen LogP contribution in [0.4, 0.5) is 4.79 Å². The Kier molecular flexibility index (Phi) is 7.99. The number of ether oxygens (including phenoxy) is 2. The van der Waals surface area contributed by atoms with Crippen molar-refractivity contribution in [2.24, 2.45) is 0 Å². The quantitative estimate of drug-likeness (QED) is 0.743. The minimum atomic E-state index is -0.525. The van der Waals surface area contributed by atoms with Crippen LogP contribution < -0.4 is 0 Å². The van der Waals surface area contributed by atoms with Gasteiger partial charge in [-0.25, -0.2) is 4.79 Å². The zero-order chi connectivity index (χ0) is 17.5. The van der Waals surface area contributed by atoms with E-state index in [1.165, 1.54) is 0 Å². The Morgan fingerprint density at radius 3 is 2.23 bits per heavy atom. The molecule has 1 amide bonds. The summed E-state index contributed by atoms with van der Waals surface area (Å²) in [5.41, 5.74) is 0.318. The highest BCUT2D eigenvalue weighted by Crippen LogP contribution is 2.26. The number of hydrogen-bond acceptors (Lipinski definition) is 3. The molecular formula is C18H31NO3. The first-order valence-corrected chi connectivity index (χ1v) is 7.84. The molecule has 4 heteroatoms. The minimum absolute atomic E-state index is 0.0905. The Morgan fingerprint density at radius 2 is 1.82 bits per heavy atom. The lowest BCUT2D eigenvalue weighted by Gasteiger charge is -2.34. The second-order valence-corrected chi connectivity index (χ2v) is 5.95. The molecule has 0 aromatic carbocycles. The van der Waals surface area contributed by atoms with Gasteiger partial charge in [-0.3, -0.25) is 4.90 Å². The van der Waals surface area contributed by atoms with Crippen LogP contribution in [0.3, 0.4) is 0 Å². The smallest absolute Gasteiger partial charge is 0.411 e. The van der Waals surface area contributed by atoms with Crippen molar-refractivity contribution in [3.05, 3.63) is 36.6 Å². The first kappa shape index (κ1) is 20.3. The maximum atomic E-state index is 12.4. The van der Waals surface area contributed by atoms with Crippen molar-refractivity contribution in [2.75, 3.05) is 6.61 Å². The van der Waals surface area contributed by atoms with Gasteiger partial charge in [0.25, 0.3) is 0 Å². The van der Waals surface area contributed by atoms with E-state index in [0.717, 1.165) is 5.57 Å². The summed E-state index contributed by atoms with van der Waals surface area (Å²) in [4.78, 5) is 14.1. The zero-order valence-electron chi connectivity index (χ0n) is 15.1. The maximum absolute atomic E-state index is 12.4. The molecule has 4 nitrogen and oxygen atoms in total. The lowest BCUT2D eigenvalue weighted by atomic mass is 10.1. The van der Waals surface area contributed by atoms with Gasteiger partial charge in [-0.1, -0.05) is 33.1 Å². The Labute approximate surface area is 135 Å². The van der Waals surface area contributed by atoms with E-state index in [9.17, 15) is 4.79 Å². The van der Waals surface area contributed by atoms with Gasteiger partial charge in [-0.05, 0) is 40.7 Å². The van der Waals surface area contributed by atoms with Crippen molar-refractivity contribution in [2.45, 2.75) is 66.2 Å². The van der Waals surface area contributed by atoms with Gasteiger partial charge in [-0.2, -0.15) is 0 Å². The maximum Gasteiger partial charge on any atom is 0.411 e. The van der Waals surface area contributed by atoms with Crippen molar-refractivity contribution in [3.8, 4) is 0 Å². The number of amides is 1. The molecular weight excluding hydrogens is 278 g/mol. The van der Waals surface area contributed by atoms with E-state index in [0.29, 0.717) is 12.4 Å².